The lowest BCUT2D eigenvalue weighted by atomic mass is 10.1. The first-order valence-electron chi connectivity index (χ1n) is 7.20. The molecule has 0 rings (SSSR count). The zero-order valence-corrected chi connectivity index (χ0v) is 14.8. The van der Waals surface area contributed by atoms with Crippen molar-refractivity contribution in [2.24, 2.45) is 0 Å². The van der Waals surface area contributed by atoms with E-state index in [2.05, 4.69) is 9.47 Å². The average Bonchev–Trinajstić information content (AvgIpc) is 2.57. The molecule has 0 aromatic rings. The third-order valence-electron chi connectivity index (χ3n) is 2.49. The van der Waals surface area contributed by atoms with Crippen LogP contribution in [-0.4, -0.2) is 64.0 Å². The standard InChI is InChI=1S/C9H10F10O2.C3H5F3.CH3F/c10-2-6(9(17,18)19)21-4-20-5(8(14,15)16)1-7(12,13)3-11;1-2-3(4,5)6;1-2/h5-6H,1-4H2;2H2,1H3;1H3. The first-order valence-corrected chi connectivity index (χ1v) is 7.20. The fourth-order valence-electron chi connectivity index (χ4n) is 1.03. The molecule has 0 N–H and O–H groups in total. The van der Waals surface area contributed by atoms with Crippen molar-refractivity contribution >= 4 is 0 Å². The first-order chi connectivity index (χ1) is 12.9. The summed E-state index contributed by atoms with van der Waals surface area (Å²) in [7, 11) is 0.500. The van der Waals surface area contributed by atoms with E-state index >= 15 is 0 Å². The molecule has 0 aromatic carbocycles. The van der Waals surface area contributed by atoms with Gasteiger partial charge in [0, 0.05) is 12.8 Å². The molecule has 0 heterocycles. The molecule has 0 spiro atoms. The van der Waals surface area contributed by atoms with Crippen molar-refractivity contribution in [1.29, 1.82) is 0 Å². The number of hydrogen-bond donors (Lipinski definition) is 0. The molecule has 29 heavy (non-hydrogen) atoms. The van der Waals surface area contributed by atoms with Gasteiger partial charge < -0.3 is 9.47 Å². The molecule has 0 amide bonds. The minimum Gasteiger partial charge on any atom is -0.342 e. The van der Waals surface area contributed by atoms with Gasteiger partial charge in [0.15, 0.2) is 18.9 Å². The molecular weight excluding hydrogens is 454 g/mol. The summed E-state index contributed by atoms with van der Waals surface area (Å²) in [6.45, 7) is -5.15. The summed E-state index contributed by atoms with van der Waals surface area (Å²) in [5.74, 6) is -4.37. The van der Waals surface area contributed by atoms with Crippen molar-refractivity contribution in [1.82, 2.24) is 0 Å². The van der Waals surface area contributed by atoms with Gasteiger partial charge in [-0.1, -0.05) is 6.92 Å². The maximum atomic E-state index is 12.5. The van der Waals surface area contributed by atoms with Gasteiger partial charge in [-0.3, -0.25) is 4.39 Å². The second-order valence-electron chi connectivity index (χ2n) is 4.83. The second-order valence-corrected chi connectivity index (χ2v) is 4.83. The van der Waals surface area contributed by atoms with E-state index in [0.29, 0.717) is 7.18 Å². The predicted molar refractivity (Wildman–Crippen MR) is 71.6 cm³/mol. The van der Waals surface area contributed by atoms with Crippen molar-refractivity contribution in [3.8, 4) is 0 Å². The molecule has 0 aliphatic heterocycles. The molecule has 0 aliphatic carbocycles. The molecule has 0 bridgehead atoms. The number of rotatable bonds is 8. The summed E-state index contributed by atoms with van der Waals surface area (Å²) in [5, 5.41) is 0. The molecule has 0 saturated heterocycles. The van der Waals surface area contributed by atoms with Crippen LogP contribution in [0.3, 0.4) is 0 Å². The van der Waals surface area contributed by atoms with Crippen LogP contribution in [0.2, 0.25) is 0 Å². The Morgan fingerprint density at radius 2 is 1.03 bits per heavy atom. The van der Waals surface area contributed by atoms with Gasteiger partial charge in [0.1, 0.15) is 13.5 Å². The predicted octanol–water partition coefficient (Wildman–Crippen LogP) is 6.35. The normalized spacial score (nSPS) is 14.9. The van der Waals surface area contributed by atoms with Crippen molar-refractivity contribution in [3.63, 3.8) is 0 Å². The van der Waals surface area contributed by atoms with E-state index in [4.69, 9.17) is 0 Å². The van der Waals surface area contributed by atoms with Gasteiger partial charge in [-0.2, -0.15) is 39.5 Å². The molecule has 0 fully saturated rings. The van der Waals surface area contributed by atoms with Crippen LogP contribution in [0.25, 0.3) is 0 Å². The Morgan fingerprint density at radius 1 is 0.690 bits per heavy atom. The number of hydrogen-bond acceptors (Lipinski definition) is 2. The monoisotopic (exact) mass is 472 g/mol. The van der Waals surface area contributed by atoms with Crippen molar-refractivity contribution in [3.05, 3.63) is 0 Å². The maximum Gasteiger partial charge on any atom is 0.417 e. The van der Waals surface area contributed by atoms with E-state index in [-0.39, 0.29) is 0 Å². The van der Waals surface area contributed by atoms with Crippen LogP contribution in [0, 0.1) is 0 Å². The van der Waals surface area contributed by atoms with E-state index in [1.54, 1.807) is 0 Å². The molecule has 2 nitrogen and oxygen atoms in total. The zero-order chi connectivity index (χ0) is 24.1. The summed E-state index contributed by atoms with van der Waals surface area (Å²) in [6, 6.07) is 0. The quantitative estimate of drug-likeness (QED) is 0.303. The Morgan fingerprint density at radius 3 is 1.28 bits per heavy atom. The van der Waals surface area contributed by atoms with Gasteiger partial charge in [0.25, 0.3) is 5.92 Å². The van der Waals surface area contributed by atoms with E-state index in [0.717, 1.165) is 6.92 Å². The second kappa shape index (κ2) is 14.0. The van der Waals surface area contributed by atoms with Gasteiger partial charge >= 0.3 is 18.5 Å². The molecule has 180 valence electrons. The summed E-state index contributed by atoms with van der Waals surface area (Å²) in [6.07, 6.45) is -23.7. The highest BCUT2D eigenvalue weighted by atomic mass is 19.4. The Bertz CT molecular complexity index is 390. The molecule has 2 atom stereocenters. The topological polar surface area (TPSA) is 18.5 Å². The van der Waals surface area contributed by atoms with Crippen LogP contribution in [0.5, 0.6) is 0 Å². The molecule has 0 radical (unpaired) electrons. The molecule has 0 aromatic heterocycles. The van der Waals surface area contributed by atoms with Gasteiger partial charge in [-0.15, -0.1) is 0 Å². The van der Waals surface area contributed by atoms with Crippen molar-refractivity contribution < 1.29 is 70.9 Å². The number of ether oxygens (including phenoxy) is 2. The van der Waals surface area contributed by atoms with Crippen LogP contribution in [0.1, 0.15) is 19.8 Å². The average molecular weight is 472 g/mol. The van der Waals surface area contributed by atoms with E-state index in [1.165, 1.54) is 0 Å². The first kappa shape index (κ1) is 32.6. The van der Waals surface area contributed by atoms with Crippen LogP contribution in [0.15, 0.2) is 0 Å². The van der Waals surface area contributed by atoms with Crippen molar-refractivity contribution in [2.45, 2.75) is 56.4 Å². The Labute approximate surface area is 156 Å². The Balaban J connectivity index is -0.000000716. The third kappa shape index (κ3) is 18.7. The van der Waals surface area contributed by atoms with Crippen LogP contribution in [-0.2, 0) is 9.47 Å². The van der Waals surface area contributed by atoms with Gasteiger partial charge in [0.05, 0.1) is 7.18 Å². The summed E-state index contributed by atoms with van der Waals surface area (Å²) < 4.78 is 171. The smallest absolute Gasteiger partial charge is 0.342 e. The molecule has 16 heteroatoms. The number of halogens is 14. The van der Waals surface area contributed by atoms with E-state index < -0.39 is 69.6 Å². The summed E-state index contributed by atoms with van der Waals surface area (Å²) >= 11 is 0. The molecule has 0 aliphatic rings. The summed E-state index contributed by atoms with van der Waals surface area (Å²) in [4.78, 5) is 0. The maximum absolute atomic E-state index is 12.5. The van der Waals surface area contributed by atoms with Gasteiger partial charge in [-0.25, -0.2) is 17.6 Å². The lowest BCUT2D eigenvalue weighted by molar-refractivity contribution is -0.288. The fourth-order valence-corrected chi connectivity index (χ4v) is 1.03. The zero-order valence-electron chi connectivity index (χ0n) is 14.8. The highest BCUT2D eigenvalue weighted by molar-refractivity contribution is 4.77. The highest BCUT2D eigenvalue weighted by Crippen LogP contribution is 2.32. The minimum atomic E-state index is -5.38. The Hall–Kier alpha value is -1.06. The number of alkyl halides is 14. The Kier molecular flexibility index (Phi) is 15.8. The van der Waals surface area contributed by atoms with Crippen LogP contribution >= 0.6 is 0 Å². The van der Waals surface area contributed by atoms with Gasteiger partial charge in [-0.05, 0) is 0 Å². The fraction of sp³-hybridized carbons (Fsp3) is 1.00. The molecular formula is C13H18F14O2. The SMILES string of the molecule is CCC(F)(F)F.CF.FCC(OCOC(CC(F)(F)CF)C(F)(F)F)C(F)(F)F. The lowest BCUT2D eigenvalue weighted by Crippen LogP contribution is -2.40. The molecule has 0 saturated carbocycles. The minimum absolute atomic E-state index is 0.500. The highest BCUT2D eigenvalue weighted by Gasteiger charge is 2.48. The third-order valence-corrected chi connectivity index (χ3v) is 2.49. The van der Waals surface area contributed by atoms with Crippen LogP contribution in [0.4, 0.5) is 61.5 Å². The largest absolute Gasteiger partial charge is 0.417 e. The van der Waals surface area contributed by atoms with E-state index in [9.17, 15) is 61.5 Å². The lowest BCUT2D eigenvalue weighted by Gasteiger charge is -2.25. The van der Waals surface area contributed by atoms with Crippen molar-refractivity contribution in [2.75, 3.05) is 27.3 Å². The molecule has 2 unspecified atom stereocenters. The van der Waals surface area contributed by atoms with Crippen LogP contribution < -0.4 is 0 Å². The summed E-state index contributed by atoms with van der Waals surface area (Å²) in [5.41, 5.74) is 0. The van der Waals surface area contributed by atoms with Gasteiger partial charge in [0.2, 0.25) is 0 Å². The van der Waals surface area contributed by atoms with E-state index in [1.807, 2.05) is 0 Å².